The molecule has 0 aliphatic carbocycles. The lowest BCUT2D eigenvalue weighted by atomic mass is 9.91. The standard InChI is InChI=1S/C57H68O16/c1-9-21-37(5)70-53(62)45-29-17-13-25-41(45)49(58)66-33-57(34-67-50(59)42-26-14-18-30-46(42)54(63)71-38(6)22-10-2,35-68-51(60)43-27-15-19-31-47(43)55(64)72-39(7)23-11-3)36-69-52(61)44-28-16-20-32-48(44)56(65)73-40(8)24-12-4/h13-20,25-32,37-40H,9-12,21-24,33-36H2,1-8H3. The Morgan fingerprint density at radius 3 is 0.644 bits per heavy atom. The van der Waals surface area contributed by atoms with Crippen molar-refractivity contribution in [3.8, 4) is 0 Å². The van der Waals surface area contributed by atoms with Crippen LogP contribution < -0.4 is 0 Å². The topological polar surface area (TPSA) is 210 Å². The molecule has 0 radical (unpaired) electrons. The lowest BCUT2D eigenvalue weighted by Gasteiger charge is -2.32. The van der Waals surface area contributed by atoms with Crippen LogP contribution in [-0.4, -0.2) is 98.6 Å². The quantitative estimate of drug-likeness (QED) is 0.0382. The fraction of sp³-hybridized carbons (Fsp3) is 0.439. The molecule has 0 amide bonds. The molecule has 0 aliphatic heterocycles. The van der Waals surface area contributed by atoms with Crippen molar-refractivity contribution in [3.63, 3.8) is 0 Å². The molecule has 0 spiro atoms. The van der Waals surface area contributed by atoms with E-state index in [1.807, 2.05) is 27.7 Å². The molecular formula is C57H68O16. The number of hydrogen-bond acceptors (Lipinski definition) is 16. The minimum Gasteiger partial charge on any atom is -0.461 e. The second kappa shape index (κ2) is 29.2. The molecule has 4 aromatic rings. The summed E-state index contributed by atoms with van der Waals surface area (Å²) in [6.45, 7) is 11.3. The molecule has 0 saturated heterocycles. The molecule has 4 aromatic carbocycles. The van der Waals surface area contributed by atoms with E-state index in [4.69, 9.17) is 37.9 Å². The highest BCUT2D eigenvalue weighted by molar-refractivity contribution is 6.05. The summed E-state index contributed by atoms with van der Waals surface area (Å²) in [4.78, 5) is 110. The summed E-state index contributed by atoms with van der Waals surface area (Å²) in [6.07, 6.45) is 3.29. The summed E-state index contributed by atoms with van der Waals surface area (Å²) in [5, 5.41) is 0. The van der Waals surface area contributed by atoms with Gasteiger partial charge in [0.2, 0.25) is 0 Å². The average molecular weight is 1010 g/mol. The lowest BCUT2D eigenvalue weighted by molar-refractivity contribution is -0.0645. The van der Waals surface area contributed by atoms with E-state index in [0.717, 1.165) is 25.7 Å². The van der Waals surface area contributed by atoms with Crippen LogP contribution in [0.2, 0.25) is 0 Å². The van der Waals surface area contributed by atoms with E-state index in [9.17, 15) is 38.4 Å². The number of esters is 8. The summed E-state index contributed by atoms with van der Waals surface area (Å²) < 4.78 is 46.0. The minimum atomic E-state index is -2.00. The zero-order chi connectivity index (χ0) is 53.5. The normalized spacial score (nSPS) is 13.4. The second-order valence-corrected chi connectivity index (χ2v) is 18.0. The molecule has 392 valence electrons. The first kappa shape index (κ1) is 58.2. The van der Waals surface area contributed by atoms with Crippen molar-refractivity contribution in [2.24, 2.45) is 5.41 Å². The van der Waals surface area contributed by atoms with E-state index in [2.05, 4.69) is 0 Å². The third-order valence-electron chi connectivity index (χ3n) is 11.5. The Bertz CT molecular complexity index is 2180. The predicted octanol–water partition coefficient (Wildman–Crippen LogP) is 10.8. The van der Waals surface area contributed by atoms with Gasteiger partial charge in [0.15, 0.2) is 0 Å². The molecule has 0 aliphatic rings. The Balaban J connectivity index is 1.82. The first-order valence-electron chi connectivity index (χ1n) is 24.9. The Kier molecular flexibility index (Phi) is 23.3. The van der Waals surface area contributed by atoms with Gasteiger partial charge in [0.05, 0.1) is 68.9 Å². The van der Waals surface area contributed by atoms with Crippen molar-refractivity contribution in [1.29, 1.82) is 0 Å². The average Bonchev–Trinajstić information content (AvgIpc) is 3.37. The maximum Gasteiger partial charge on any atom is 0.339 e. The predicted molar refractivity (Wildman–Crippen MR) is 268 cm³/mol. The molecule has 0 bridgehead atoms. The molecule has 0 heterocycles. The summed E-state index contributed by atoms with van der Waals surface area (Å²) in [6, 6.07) is 23.1. The van der Waals surface area contributed by atoms with E-state index in [-0.39, 0.29) is 44.5 Å². The largest absolute Gasteiger partial charge is 0.461 e. The van der Waals surface area contributed by atoms with E-state index >= 15 is 0 Å². The van der Waals surface area contributed by atoms with Crippen LogP contribution in [0.25, 0.3) is 0 Å². The molecule has 0 fully saturated rings. The molecule has 16 heteroatoms. The molecule has 0 saturated carbocycles. The van der Waals surface area contributed by atoms with Crippen LogP contribution in [0.4, 0.5) is 0 Å². The van der Waals surface area contributed by atoms with Gasteiger partial charge < -0.3 is 37.9 Å². The van der Waals surface area contributed by atoms with Gasteiger partial charge in [-0.25, -0.2) is 38.4 Å². The molecule has 73 heavy (non-hydrogen) atoms. The van der Waals surface area contributed by atoms with Gasteiger partial charge in [-0.15, -0.1) is 0 Å². The number of carbonyl (C=O) groups excluding carboxylic acids is 8. The monoisotopic (exact) mass is 1010 g/mol. The Morgan fingerprint density at radius 2 is 0.479 bits per heavy atom. The zero-order valence-corrected chi connectivity index (χ0v) is 43.1. The van der Waals surface area contributed by atoms with E-state index < -0.39 is 104 Å². The Labute approximate surface area is 427 Å². The zero-order valence-electron chi connectivity index (χ0n) is 43.1. The third kappa shape index (κ3) is 17.4. The van der Waals surface area contributed by atoms with Crippen molar-refractivity contribution < 1.29 is 76.3 Å². The minimum absolute atomic E-state index is 0.115. The van der Waals surface area contributed by atoms with E-state index in [0.29, 0.717) is 25.7 Å². The molecule has 16 nitrogen and oxygen atoms in total. The van der Waals surface area contributed by atoms with E-state index in [1.165, 1.54) is 97.1 Å². The number of hydrogen-bond donors (Lipinski definition) is 0. The molecular weight excluding hydrogens is 941 g/mol. The van der Waals surface area contributed by atoms with Crippen LogP contribution in [-0.2, 0) is 37.9 Å². The van der Waals surface area contributed by atoms with Crippen LogP contribution >= 0.6 is 0 Å². The molecule has 4 unspecified atom stereocenters. The summed E-state index contributed by atoms with van der Waals surface area (Å²) in [7, 11) is 0. The van der Waals surface area contributed by atoms with Crippen LogP contribution in [0.3, 0.4) is 0 Å². The van der Waals surface area contributed by atoms with Crippen molar-refractivity contribution in [2.75, 3.05) is 26.4 Å². The summed E-state index contributed by atoms with van der Waals surface area (Å²) in [5.41, 5.74) is -3.25. The second-order valence-electron chi connectivity index (χ2n) is 18.0. The van der Waals surface area contributed by atoms with Crippen LogP contribution in [0.5, 0.6) is 0 Å². The Morgan fingerprint density at radius 1 is 0.315 bits per heavy atom. The number of rotatable bonds is 28. The van der Waals surface area contributed by atoms with Gasteiger partial charge in [0.1, 0.15) is 31.8 Å². The SMILES string of the molecule is CCCC(C)OC(=O)c1ccccc1C(=O)OCC(COC(=O)c1ccccc1C(=O)OC(C)CCC)(COC(=O)c1ccccc1C(=O)OC(C)CCC)COC(=O)c1ccccc1C(=O)OC(C)CCC. The Hall–Kier alpha value is -7.36. The number of benzene rings is 4. The summed E-state index contributed by atoms with van der Waals surface area (Å²) in [5.74, 6) is -7.38. The van der Waals surface area contributed by atoms with Crippen molar-refractivity contribution in [1.82, 2.24) is 0 Å². The molecule has 4 atom stereocenters. The van der Waals surface area contributed by atoms with Gasteiger partial charge >= 0.3 is 47.8 Å². The van der Waals surface area contributed by atoms with Gasteiger partial charge in [0.25, 0.3) is 0 Å². The van der Waals surface area contributed by atoms with Gasteiger partial charge in [-0.05, 0) is 102 Å². The van der Waals surface area contributed by atoms with Gasteiger partial charge in [-0.3, -0.25) is 0 Å². The van der Waals surface area contributed by atoms with Crippen molar-refractivity contribution in [2.45, 2.75) is 131 Å². The molecule has 0 aromatic heterocycles. The smallest absolute Gasteiger partial charge is 0.339 e. The third-order valence-corrected chi connectivity index (χ3v) is 11.5. The fourth-order valence-electron chi connectivity index (χ4n) is 7.64. The number of ether oxygens (including phenoxy) is 8. The highest BCUT2D eigenvalue weighted by Crippen LogP contribution is 2.27. The van der Waals surface area contributed by atoms with Crippen molar-refractivity contribution >= 4 is 47.8 Å². The van der Waals surface area contributed by atoms with Crippen LogP contribution in [0.15, 0.2) is 97.1 Å². The maximum atomic E-state index is 14.2. The van der Waals surface area contributed by atoms with Crippen molar-refractivity contribution in [3.05, 3.63) is 142 Å². The highest BCUT2D eigenvalue weighted by atomic mass is 16.6. The van der Waals surface area contributed by atoms with E-state index in [1.54, 1.807) is 27.7 Å². The maximum absolute atomic E-state index is 14.2. The first-order valence-corrected chi connectivity index (χ1v) is 24.9. The van der Waals surface area contributed by atoms with Gasteiger partial charge in [-0.1, -0.05) is 102 Å². The van der Waals surface area contributed by atoms with Crippen LogP contribution in [0.1, 0.15) is 190 Å². The lowest BCUT2D eigenvalue weighted by Crippen LogP contribution is -2.44. The molecule has 4 rings (SSSR count). The fourth-order valence-corrected chi connectivity index (χ4v) is 7.64. The summed E-state index contributed by atoms with van der Waals surface area (Å²) >= 11 is 0. The van der Waals surface area contributed by atoms with Gasteiger partial charge in [-0.2, -0.15) is 0 Å². The first-order chi connectivity index (χ1) is 35.0. The highest BCUT2D eigenvalue weighted by Gasteiger charge is 2.40. The molecule has 0 N–H and O–H groups in total. The van der Waals surface area contributed by atoms with Gasteiger partial charge in [0, 0.05) is 0 Å². The van der Waals surface area contributed by atoms with Crippen LogP contribution in [0, 0.1) is 5.41 Å². The number of carbonyl (C=O) groups is 8.